The van der Waals surface area contributed by atoms with Crippen molar-refractivity contribution < 1.29 is 14.5 Å². The number of hydrogen-bond acceptors (Lipinski definition) is 6. The van der Waals surface area contributed by atoms with Gasteiger partial charge in [-0.2, -0.15) is 0 Å². The summed E-state index contributed by atoms with van der Waals surface area (Å²) in [6, 6.07) is 29.8. The minimum absolute atomic E-state index is 0.395. The summed E-state index contributed by atoms with van der Waals surface area (Å²) in [5.74, 6) is 0. The molecule has 176 valence electrons. The van der Waals surface area contributed by atoms with Crippen LogP contribution in [0.25, 0.3) is 0 Å². The van der Waals surface area contributed by atoms with Gasteiger partial charge >= 0.3 is 0 Å². The molecule has 6 nitrogen and oxygen atoms in total. The van der Waals surface area contributed by atoms with Crippen LogP contribution in [-0.4, -0.2) is 17.1 Å². The number of rotatable bonds is 13. The summed E-state index contributed by atoms with van der Waals surface area (Å²) in [5.41, 5.74) is 5.59. The van der Waals surface area contributed by atoms with Crippen LogP contribution < -0.4 is 0 Å². The average Bonchev–Trinajstić information content (AvgIpc) is 2.86. The van der Waals surface area contributed by atoms with Crippen molar-refractivity contribution in [3.05, 3.63) is 108 Å². The predicted octanol–water partition coefficient (Wildman–Crippen LogP) is 6.52. The molecule has 0 saturated heterocycles. The molecular formula is C28H31N3O3. The van der Waals surface area contributed by atoms with Crippen LogP contribution in [0, 0.1) is 0 Å². The quantitative estimate of drug-likeness (QED) is 0.217. The van der Waals surface area contributed by atoms with Gasteiger partial charge in [0.1, 0.15) is 19.8 Å². The Kier molecular flexibility index (Phi) is 10.4. The van der Waals surface area contributed by atoms with Crippen molar-refractivity contribution in [1.29, 1.82) is 0 Å². The van der Waals surface area contributed by atoms with E-state index in [2.05, 4.69) is 15.5 Å². The fourth-order valence-electron chi connectivity index (χ4n) is 3.14. The van der Waals surface area contributed by atoms with Gasteiger partial charge in [-0.05, 0) is 30.5 Å². The first-order chi connectivity index (χ1) is 16.7. The molecule has 0 aromatic heterocycles. The molecule has 6 heteroatoms. The zero-order valence-electron chi connectivity index (χ0n) is 19.8. The predicted molar refractivity (Wildman–Crippen MR) is 137 cm³/mol. The second-order valence-corrected chi connectivity index (χ2v) is 7.94. The molecule has 0 aliphatic heterocycles. The highest BCUT2D eigenvalue weighted by atomic mass is 16.6. The molecule has 0 aliphatic rings. The molecule has 0 bridgehead atoms. The SMILES string of the molecule is CC(CC(CC(C)=NOCc1ccccc1)=NOCc1ccccc1)=NOCc1ccccc1. The Hall–Kier alpha value is -3.93. The Labute approximate surface area is 201 Å². The van der Waals surface area contributed by atoms with Crippen LogP contribution >= 0.6 is 0 Å². The van der Waals surface area contributed by atoms with Crippen molar-refractivity contribution in [3.63, 3.8) is 0 Å². The maximum Gasteiger partial charge on any atom is 0.142 e. The van der Waals surface area contributed by atoms with Crippen molar-refractivity contribution in [2.75, 3.05) is 0 Å². The van der Waals surface area contributed by atoms with E-state index < -0.39 is 0 Å². The maximum atomic E-state index is 5.63. The third-order valence-corrected chi connectivity index (χ3v) is 4.78. The molecule has 3 aromatic carbocycles. The maximum absolute atomic E-state index is 5.63. The summed E-state index contributed by atoms with van der Waals surface area (Å²) in [6.45, 7) is 5.06. The highest BCUT2D eigenvalue weighted by molar-refractivity contribution is 6.11. The molecule has 0 saturated carbocycles. The van der Waals surface area contributed by atoms with Gasteiger partial charge in [0.25, 0.3) is 0 Å². The number of oxime groups is 3. The standard InChI is InChI=1S/C28H31N3O3/c1-23(29-32-20-25-12-6-3-7-13-25)18-28(31-34-22-27-16-10-5-11-17-27)19-24(2)30-33-21-26-14-8-4-9-15-26/h3-17H,18-22H2,1-2H3. The van der Waals surface area contributed by atoms with Crippen LogP contribution in [-0.2, 0) is 34.3 Å². The van der Waals surface area contributed by atoms with Gasteiger partial charge in [0.2, 0.25) is 0 Å². The van der Waals surface area contributed by atoms with Crippen LogP contribution in [0.5, 0.6) is 0 Å². The fraction of sp³-hybridized carbons (Fsp3) is 0.250. The molecule has 0 radical (unpaired) electrons. The van der Waals surface area contributed by atoms with Gasteiger partial charge in [-0.3, -0.25) is 0 Å². The summed E-state index contributed by atoms with van der Waals surface area (Å²) >= 11 is 0. The number of nitrogens with zero attached hydrogens (tertiary/aromatic N) is 3. The zero-order valence-corrected chi connectivity index (χ0v) is 19.8. The van der Waals surface area contributed by atoms with Crippen LogP contribution in [0.2, 0.25) is 0 Å². The average molecular weight is 458 g/mol. The monoisotopic (exact) mass is 457 g/mol. The Bertz CT molecular complexity index is 1000. The first-order valence-electron chi connectivity index (χ1n) is 11.3. The van der Waals surface area contributed by atoms with Crippen LogP contribution in [0.1, 0.15) is 43.4 Å². The van der Waals surface area contributed by atoms with Crippen LogP contribution in [0.4, 0.5) is 0 Å². The Morgan fingerprint density at radius 1 is 0.500 bits per heavy atom. The van der Waals surface area contributed by atoms with Crippen LogP contribution in [0.3, 0.4) is 0 Å². The van der Waals surface area contributed by atoms with Gasteiger partial charge in [0, 0.05) is 12.8 Å². The molecule has 0 amide bonds. The third kappa shape index (κ3) is 9.69. The Morgan fingerprint density at radius 2 is 0.824 bits per heavy atom. The normalized spacial score (nSPS) is 11.6. The summed E-state index contributed by atoms with van der Waals surface area (Å²) in [7, 11) is 0. The smallest absolute Gasteiger partial charge is 0.142 e. The number of hydrogen-bond donors (Lipinski definition) is 0. The Balaban J connectivity index is 1.57. The van der Waals surface area contributed by atoms with Crippen molar-refractivity contribution >= 4 is 17.1 Å². The van der Waals surface area contributed by atoms with E-state index in [0.717, 1.165) is 33.8 Å². The molecular weight excluding hydrogens is 426 g/mol. The minimum Gasteiger partial charge on any atom is -0.391 e. The second kappa shape index (κ2) is 14.3. The lowest BCUT2D eigenvalue weighted by Gasteiger charge is -2.08. The van der Waals surface area contributed by atoms with E-state index in [1.807, 2.05) is 105 Å². The molecule has 0 aliphatic carbocycles. The molecule has 0 unspecified atom stereocenters. The van der Waals surface area contributed by atoms with Gasteiger partial charge in [0.05, 0.1) is 17.1 Å². The van der Waals surface area contributed by atoms with Crippen molar-refractivity contribution in [3.8, 4) is 0 Å². The van der Waals surface area contributed by atoms with Gasteiger partial charge in [0.15, 0.2) is 0 Å². The van der Waals surface area contributed by atoms with E-state index in [4.69, 9.17) is 14.5 Å². The highest BCUT2D eigenvalue weighted by Gasteiger charge is 2.08. The van der Waals surface area contributed by atoms with E-state index in [1.165, 1.54) is 0 Å². The minimum atomic E-state index is 0.395. The first kappa shape index (κ1) is 24.7. The molecule has 0 atom stereocenters. The molecule has 0 fully saturated rings. The highest BCUT2D eigenvalue weighted by Crippen LogP contribution is 2.07. The largest absolute Gasteiger partial charge is 0.391 e. The van der Waals surface area contributed by atoms with E-state index >= 15 is 0 Å². The fourth-order valence-corrected chi connectivity index (χ4v) is 3.14. The summed E-state index contributed by atoms with van der Waals surface area (Å²) in [4.78, 5) is 16.7. The van der Waals surface area contributed by atoms with Gasteiger partial charge in [-0.25, -0.2) is 0 Å². The number of benzene rings is 3. The molecule has 0 N–H and O–H groups in total. The van der Waals surface area contributed by atoms with Crippen molar-refractivity contribution in [2.45, 2.75) is 46.5 Å². The molecule has 3 rings (SSSR count). The van der Waals surface area contributed by atoms with E-state index in [-0.39, 0.29) is 0 Å². The summed E-state index contributed by atoms with van der Waals surface area (Å²) in [6.07, 6.45) is 1.02. The molecule has 0 spiro atoms. The van der Waals surface area contributed by atoms with Gasteiger partial charge in [-0.1, -0.05) is 106 Å². The van der Waals surface area contributed by atoms with Crippen molar-refractivity contribution in [1.82, 2.24) is 0 Å². The Morgan fingerprint density at radius 3 is 1.18 bits per heavy atom. The van der Waals surface area contributed by atoms with Gasteiger partial charge < -0.3 is 14.5 Å². The van der Waals surface area contributed by atoms with E-state index in [1.54, 1.807) is 0 Å². The topological polar surface area (TPSA) is 64.8 Å². The zero-order chi connectivity index (χ0) is 23.8. The second-order valence-electron chi connectivity index (χ2n) is 7.94. The third-order valence-electron chi connectivity index (χ3n) is 4.78. The summed E-state index contributed by atoms with van der Waals surface area (Å²) < 4.78 is 0. The molecule has 0 heterocycles. The van der Waals surface area contributed by atoms with Gasteiger partial charge in [-0.15, -0.1) is 0 Å². The first-order valence-corrected chi connectivity index (χ1v) is 11.3. The lowest BCUT2D eigenvalue weighted by atomic mass is 10.1. The van der Waals surface area contributed by atoms with E-state index in [9.17, 15) is 0 Å². The van der Waals surface area contributed by atoms with E-state index in [0.29, 0.717) is 32.7 Å². The van der Waals surface area contributed by atoms with Crippen LogP contribution in [0.15, 0.2) is 106 Å². The lowest BCUT2D eigenvalue weighted by molar-refractivity contribution is 0.127. The molecule has 34 heavy (non-hydrogen) atoms. The van der Waals surface area contributed by atoms with Crippen molar-refractivity contribution in [2.24, 2.45) is 15.5 Å². The lowest BCUT2D eigenvalue weighted by Crippen LogP contribution is -2.11. The molecule has 3 aromatic rings. The summed E-state index contributed by atoms with van der Waals surface area (Å²) in [5, 5.41) is 12.9.